The van der Waals surface area contributed by atoms with Crippen LogP contribution in [0.2, 0.25) is 0 Å². The zero-order valence-corrected chi connectivity index (χ0v) is 16.8. The number of anilines is 2. The molecule has 0 radical (unpaired) electrons. The van der Waals surface area contributed by atoms with Crippen LogP contribution >= 0.6 is 0 Å². The van der Waals surface area contributed by atoms with Crippen molar-refractivity contribution in [1.82, 2.24) is 14.9 Å². The smallest absolute Gasteiger partial charge is 0.137 e. The van der Waals surface area contributed by atoms with Gasteiger partial charge in [-0.05, 0) is 31.0 Å². The van der Waals surface area contributed by atoms with Crippen LogP contribution in [0.25, 0.3) is 10.9 Å². The first kappa shape index (κ1) is 19.4. The summed E-state index contributed by atoms with van der Waals surface area (Å²) in [6, 6.07) is 6.93. The molecular formula is C22H33N5O. The van der Waals surface area contributed by atoms with Crippen LogP contribution in [-0.4, -0.2) is 60.3 Å². The molecule has 6 heteroatoms. The van der Waals surface area contributed by atoms with Gasteiger partial charge in [-0.25, -0.2) is 9.97 Å². The molecule has 1 saturated heterocycles. The van der Waals surface area contributed by atoms with E-state index < -0.39 is 0 Å². The van der Waals surface area contributed by atoms with Crippen molar-refractivity contribution >= 4 is 22.4 Å². The Bertz CT molecular complexity index is 739. The molecule has 2 heterocycles. The quantitative estimate of drug-likeness (QED) is 0.789. The molecule has 2 aliphatic rings. The van der Waals surface area contributed by atoms with Crippen molar-refractivity contribution in [2.24, 2.45) is 0 Å². The van der Waals surface area contributed by atoms with Crippen molar-refractivity contribution in [2.45, 2.75) is 51.0 Å². The molecule has 0 atom stereocenters. The van der Waals surface area contributed by atoms with Gasteiger partial charge >= 0.3 is 0 Å². The highest BCUT2D eigenvalue weighted by Gasteiger charge is 2.14. The van der Waals surface area contributed by atoms with Crippen LogP contribution < -0.4 is 10.6 Å². The summed E-state index contributed by atoms with van der Waals surface area (Å²) in [6.07, 6.45) is 10.9. The lowest BCUT2D eigenvalue weighted by molar-refractivity contribution is 0.0398. The van der Waals surface area contributed by atoms with Crippen molar-refractivity contribution in [3.05, 3.63) is 24.5 Å². The van der Waals surface area contributed by atoms with Gasteiger partial charge in [0.25, 0.3) is 0 Å². The summed E-state index contributed by atoms with van der Waals surface area (Å²) in [5.74, 6) is 0.979. The number of fused-ring (bicyclic) bond motifs is 1. The number of hydrogen-bond donors (Lipinski definition) is 2. The van der Waals surface area contributed by atoms with E-state index in [4.69, 9.17) is 4.74 Å². The fourth-order valence-corrected chi connectivity index (χ4v) is 4.26. The molecule has 1 aromatic heterocycles. The molecule has 2 N–H and O–H groups in total. The van der Waals surface area contributed by atoms with Crippen LogP contribution in [0, 0.1) is 0 Å². The number of morpholine rings is 1. The Hall–Kier alpha value is -1.92. The number of hydrogen-bond acceptors (Lipinski definition) is 6. The maximum absolute atomic E-state index is 5.42. The van der Waals surface area contributed by atoms with Gasteiger partial charge in [-0.1, -0.05) is 32.1 Å². The first-order chi connectivity index (χ1) is 13.9. The topological polar surface area (TPSA) is 62.3 Å². The number of rotatable bonds is 6. The largest absolute Gasteiger partial charge is 0.384 e. The molecule has 6 nitrogen and oxygen atoms in total. The summed E-state index contributed by atoms with van der Waals surface area (Å²) < 4.78 is 5.42. The lowest BCUT2D eigenvalue weighted by atomic mass is 9.96. The second-order valence-corrected chi connectivity index (χ2v) is 8.02. The molecule has 0 bridgehead atoms. The van der Waals surface area contributed by atoms with E-state index in [-0.39, 0.29) is 0 Å². The maximum atomic E-state index is 5.42. The molecule has 0 amide bonds. The lowest BCUT2D eigenvalue weighted by Crippen LogP contribution is -2.38. The van der Waals surface area contributed by atoms with E-state index in [1.165, 1.54) is 44.9 Å². The molecule has 2 fully saturated rings. The molecule has 1 aromatic carbocycles. The predicted octanol–water partition coefficient (Wildman–Crippen LogP) is 3.90. The van der Waals surface area contributed by atoms with E-state index >= 15 is 0 Å². The van der Waals surface area contributed by atoms with E-state index in [0.717, 1.165) is 61.8 Å². The molecule has 152 valence electrons. The molecule has 0 spiro atoms. The third kappa shape index (κ3) is 5.32. The second-order valence-electron chi connectivity index (χ2n) is 8.02. The van der Waals surface area contributed by atoms with Crippen molar-refractivity contribution in [3.8, 4) is 0 Å². The lowest BCUT2D eigenvalue weighted by Gasteiger charge is -2.26. The van der Waals surface area contributed by atoms with Gasteiger partial charge in [-0.2, -0.15) is 0 Å². The van der Waals surface area contributed by atoms with Gasteiger partial charge < -0.3 is 15.4 Å². The average molecular weight is 384 g/mol. The van der Waals surface area contributed by atoms with Crippen molar-refractivity contribution < 1.29 is 4.74 Å². The minimum Gasteiger partial charge on any atom is -0.384 e. The minimum atomic E-state index is 0.524. The van der Waals surface area contributed by atoms with Gasteiger partial charge in [0.2, 0.25) is 0 Å². The molecule has 4 rings (SSSR count). The Morgan fingerprint density at radius 2 is 1.79 bits per heavy atom. The Labute approximate surface area is 168 Å². The van der Waals surface area contributed by atoms with Gasteiger partial charge in [0, 0.05) is 43.3 Å². The molecular weight excluding hydrogens is 350 g/mol. The highest BCUT2D eigenvalue weighted by atomic mass is 16.5. The maximum Gasteiger partial charge on any atom is 0.137 e. The fourth-order valence-electron chi connectivity index (χ4n) is 4.26. The standard InChI is InChI=1S/C22H33N5O/c1-2-4-6-18(7-5-3-1)26-22-20-16-19(8-9-21(20)24-17-25-22)23-10-11-27-12-14-28-15-13-27/h8-9,16-18,23H,1-7,10-15H2,(H,24,25,26). The minimum absolute atomic E-state index is 0.524. The second kappa shape index (κ2) is 10.0. The van der Waals surface area contributed by atoms with Crippen LogP contribution in [-0.2, 0) is 4.74 Å². The van der Waals surface area contributed by atoms with Gasteiger partial charge in [0.05, 0.1) is 18.7 Å². The Morgan fingerprint density at radius 3 is 2.61 bits per heavy atom. The summed E-state index contributed by atoms with van der Waals surface area (Å²) in [7, 11) is 0. The third-order valence-corrected chi connectivity index (χ3v) is 5.94. The number of nitrogens with zero attached hydrogens (tertiary/aromatic N) is 3. The number of benzene rings is 1. The first-order valence-corrected chi connectivity index (χ1v) is 10.9. The van der Waals surface area contributed by atoms with E-state index in [1.807, 2.05) is 0 Å². The van der Waals surface area contributed by atoms with Crippen molar-refractivity contribution in [3.63, 3.8) is 0 Å². The van der Waals surface area contributed by atoms with Crippen LogP contribution in [0.15, 0.2) is 24.5 Å². The predicted molar refractivity (Wildman–Crippen MR) is 115 cm³/mol. The van der Waals surface area contributed by atoms with Gasteiger partial charge in [0.15, 0.2) is 0 Å². The highest BCUT2D eigenvalue weighted by Crippen LogP contribution is 2.26. The number of aromatic nitrogens is 2. The summed E-state index contributed by atoms with van der Waals surface area (Å²) in [6.45, 7) is 5.74. The van der Waals surface area contributed by atoms with Crippen LogP contribution in [0.4, 0.5) is 11.5 Å². The normalized spacial score (nSPS) is 19.9. The van der Waals surface area contributed by atoms with Crippen LogP contribution in [0.3, 0.4) is 0 Å². The van der Waals surface area contributed by atoms with E-state index in [9.17, 15) is 0 Å². The zero-order chi connectivity index (χ0) is 19.0. The molecule has 1 aliphatic carbocycles. The summed E-state index contributed by atoms with van der Waals surface area (Å²) in [4.78, 5) is 11.5. The van der Waals surface area contributed by atoms with E-state index in [2.05, 4.69) is 43.7 Å². The van der Waals surface area contributed by atoms with Gasteiger partial charge in [0.1, 0.15) is 12.1 Å². The number of nitrogens with one attached hydrogen (secondary N) is 2. The third-order valence-electron chi connectivity index (χ3n) is 5.94. The van der Waals surface area contributed by atoms with Crippen molar-refractivity contribution in [2.75, 3.05) is 50.0 Å². The first-order valence-electron chi connectivity index (χ1n) is 10.9. The monoisotopic (exact) mass is 383 g/mol. The molecule has 1 saturated carbocycles. The molecule has 28 heavy (non-hydrogen) atoms. The zero-order valence-electron chi connectivity index (χ0n) is 16.8. The van der Waals surface area contributed by atoms with E-state index in [1.54, 1.807) is 6.33 Å². The summed E-state index contributed by atoms with van der Waals surface area (Å²) >= 11 is 0. The summed E-state index contributed by atoms with van der Waals surface area (Å²) in [5.41, 5.74) is 2.14. The van der Waals surface area contributed by atoms with E-state index in [0.29, 0.717) is 6.04 Å². The fraction of sp³-hybridized carbons (Fsp3) is 0.636. The summed E-state index contributed by atoms with van der Waals surface area (Å²) in [5, 5.41) is 8.41. The average Bonchev–Trinajstić information content (AvgIpc) is 2.71. The van der Waals surface area contributed by atoms with Gasteiger partial charge in [-0.15, -0.1) is 0 Å². The Kier molecular flexibility index (Phi) is 6.95. The number of ether oxygens (including phenoxy) is 1. The SMILES string of the molecule is c1nc(NC2CCCCCCC2)c2cc(NCCN3CCOCC3)ccc2n1. The Morgan fingerprint density at radius 1 is 1.00 bits per heavy atom. The molecule has 0 unspecified atom stereocenters. The van der Waals surface area contributed by atoms with Crippen molar-refractivity contribution in [1.29, 1.82) is 0 Å². The van der Waals surface area contributed by atoms with Crippen LogP contribution in [0.5, 0.6) is 0 Å². The molecule has 2 aromatic rings. The Balaban J connectivity index is 1.41. The van der Waals surface area contributed by atoms with Crippen LogP contribution in [0.1, 0.15) is 44.9 Å². The van der Waals surface area contributed by atoms with Gasteiger partial charge in [-0.3, -0.25) is 4.90 Å². The molecule has 1 aliphatic heterocycles. The highest BCUT2D eigenvalue weighted by molar-refractivity contribution is 5.91.